The molecule has 4 heterocycles. The van der Waals surface area contributed by atoms with Crippen molar-refractivity contribution >= 4 is 26.7 Å². The van der Waals surface area contributed by atoms with E-state index in [9.17, 15) is 18.5 Å². The summed E-state index contributed by atoms with van der Waals surface area (Å²) in [6.45, 7) is 0.508. The van der Waals surface area contributed by atoms with Crippen LogP contribution in [-0.2, 0) is 10.0 Å². The molecule has 0 saturated carbocycles. The largest absolute Gasteiger partial charge is 0.346 e. The number of nitrogens with zero attached hydrogens (tertiary/aromatic N) is 6. The number of para-hydroxylation sites is 1. The van der Waals surface area contributed by atoms with Crippen molar-refractivity contribution in [3.05, 3.63) is 65.4 Å². The molecule has 0 atom stereocenters. The van der Waals surface area contributed by atoms with Crippen molar-refractivity contribution in [3.8, 4) is 11.3 Å². The van der Waals surface area contributed by atoms with Gasteiger partial charge in [0.25, 0.3) is 5.69 Å². The number of nitro groups is 1. The SMILES string of the molecule is O=[N+]([O-])c1ccccc1S(=O)(=O)N1CCC(n2cc(-c3ncnc4[nH]ccc34)cn2)CC1. The van der Waals surface area contributed by atoms with Crippen LogP contribution in [0.1, 0.15) is 18.9 Å². The Kier molecular flexibility index (Phi) is 4.94. The second-order valence-corrected chi connectivity index (χ2v) is 9.44. The summed E-state index contributed by atoms with van der Waals surface area (Å²) in [5.41, 5.74) is 1.97. The average Bonchev–Trinajstić information content (AvgIpc) is 3.49. The highest BCUT2D eigenvalue weighted by molar-refractivity contribution is 7.89. The first-order valence-corrected chi connectivity index (χ1v) is 11.5. The lowest BCUT2D eigenvalue weighted by atomic mass is 10.1. The van der Waals surface area contributed by atoms with Gasteiger partial charge in [0.2, 0.25) is 10.0 Å². The Hall–Kier alpha value is -3.64. The Balaban J connectivity index is 1.34. The summed E-state index contributed by atoms with van der Waals surface area (Å²) in [4.78, 5) is 22.0. The molecule has 32 heavy (non-hydrogen) atoms. The molecule has 11 nitrogen and oxygen atoms in total. The van der Waals surface area contributed by atoms with Crippen LogP contribution >= 0.6 is 0 Å². The van der Waals surface area contributed by atoms with Crippen LogP contribution in [0.2, 0.25) is 0 Å². The number of hydrogen-bond donors (Lipinski definition) is 1. The molecule has 0 unspecified atom stereocenters. The summed E-state index contributed by atoms with van der Waals surface area (Å²) in [5.74, 6) is 0. The lowest BCUT2D eigenvalue weighted by Gasteiger charge is -2.31. The first-order valence-electron chi connectivity index (χ1n) is 10.0. The number of aromatic amines is 1. The molecule has 0 bridgehead atoms. The zero-order valence-electron chi connectivity index (χ0n) is 16.8. The summed E-state index contributed by atoms with van der Waals surface area (Å²) < 4.78 is 29.2. The number of hydrogen-bond acceptors (Lipinski definition) is 7. The van der Waals surface area contributed by atoms with Crippen LogP contribution < -0.4 is 0 Å². The quantitative estimate of drug-likeness (QED) is 0.362. The third-order valence-corrected chi connectivity index (χ3v) is 7.65. The number of nitro benzene ring substituents is 1. The number of rotatable bonds is 5. The summed E-state index contributed by atoms with van der Waals surface area (Å²) in [7, 11) is -3.96. The molecule has 0 spiro atoms. The van der Waals surface area contributed by atoms with Crippen molar-refractivity contribution in [2.75, 3.05) is 13.1 Å². The van der Waals surface area contributed by atoms with Gasteiger partial charge in [0.1, 0.15) is 12.0 Å². The minimum Gasteiger partial charge on any atom is -0.346 e. The van der Waals surface area contributed by atoms with Gasteiger partial charge in [0.15, 0.2) is 4.90 Å². The van der Waals surface area contributed by atoms with E-state index >= 15 is 0 Å². The smallest absolute Gasteiger partial charge is 0.289 e. The molecule has 4 aromatic rings. The highest BCUT2D eigenvalue weighted by Crippen LogP contribution is 2.32. The molecular formula is C20H19N7O4S. The zero-order valence-corrected chi connectivity index (χ0v) is 17.6. The molecule has 1 aliphatic rings. The highest BCUT2D eigenvalue weighted by Gasteiger charge is 2.34. The van der Waals surface area contributed by atoms with E-state index < -0.39 is 20.6 Å². The third-order valence-electron chi connectivity index (χ3n) is 5.71. The lowest BCUT2D eigenvalue weighted by molar-refractivity contribution is -0.387. The fraction of sp³-hybridized carbons (Fsp3) is 0.250. The Morgan fingerprint density at radius 3 is 2.69 bits per heavy atom. The van der Waals surface area contributed by atoms with E-state index in [4.69, 9.17) is 0 Å². The molecular weight excluding hydrogens is 434 g/mol. The molecule has 5 rings (SSSR count). The molecule has 164 valence electrons. The zero-order chi connectivity index (χ0) is 22.3. The van der Waals surface area contributed by atoms with Gasteiger partial charge in [-0.25, -0.2) is 18.4 Å². The highest BCUT2D eigenvalue weighted by atomic mass is 32.2. The maximum absolute atomic E-state index is 13.0. The topological polar surface area (TPSA) is 140 Å². The Labute approximate surface area is 182 Å². The molecule has 0 amide bonds. The minimum absolute atomic E-state index is 0.0181. The van der Waals surface area contributed by atoms with Gasteiger partial charge in [0.05, 0.1) is 22.9 Å². The van der Waals surface area contributed by atoms with Crippen molar-refractivity contribution < 1.29 is 13.3 Å². The summed E-state index contributed by atoms with van der Waals surface area (Å²) in [5, 5.41) is 16.7. The van der Waals surface area contributed by atoms with Gasteiger partial charge >= 0.3 is 0 Å². The van der Waals surface area contributed by atoms with E-state index in [0.29, 0.717) is 12.8 Å². The predicted molar refractivity (Wildman–Crippen MR) is 115 cm³/mol. The van der Waals surface area contributed by atoms with E-state index in [0.717, 1.165) is 22.3 Å². The van der Waals surface area contributed by atoms with Gasteiger partial charge in [-0.15, -0.1) is 0 Å². The van der Waals surface area contributed by atoms with Gasteiger partial charge in [-0.05, 0) is 25.0 Å². The van der Waals surface area contributed by atoms with E-state index in [1.54, 1.807) is 12.4 Å². The van der Waals surface area contributed by atoms with Crippen molar-refractivity contribution in [1.29, 1.82) is 0 Å². The van der Waals surface area contributed by atoms with Crippen molar-refractivity contribution in [3.63, 3.8) is 0 Å². The standard InChI is InChI=1S/C20H19N7O4S/c28-27(29)17-3-1-2-4-18(17)32(30,31)25-9-6-15(7-10-25)26-12-14(11-24-26)19-16-5-8-21-20(16)23-13-22-19/h1-5,8,11-13,15H,6-7,9-10H2,(H,21,22,23). The first-order chi connectivity index (χ1) is 15.4. The van der Waals surface area contributed by atoms with Crippen LogP contribution in [0.5, 0.6) is 0 Å². The molecule has 1 saturated heterocycles. The fourth-order valence-corrected chi connectivity index (χ4v) is 5.70. The molecule has 1 aromatic carbocycles. The van der Waals surface area contributed by atoms with Crippen LogP contribution in [0.4, 0.5) is 5.69 Å². The van der Waals surface area contributed by atoms with E-state index in [1.807, 2.05) is 16.9 Å². The van der Waals surface area contributed by atoms with Crippen molar-refractivity contribution in [2.45, 2.75) is 23.8 Å². The number of H-pyrrole nitrogens is 1. The predicted octanol–water partition coefficient (Wildman–Crippen LogP) is 2.76. The van der Waals surface area contributed by atoms with Gasteiger partial charge < -0.3 is 4.98 Å². The molecule has 3 aromatic heterocycles. The average molecular weight is 453 g/mol. The van der Waals surface area contributed by atoms with E-state index in [1.165, 1.54) is 34.9 Å². The van der Waals surface area contributed by atoms with Crippen molar-refractivity contribution in [2.24, 2.45) is 0 Å². The second kappa shape index (κ2) is 7.80. The van der Waals surface area contributed by atoms with Gasteiger partial charge in [-0.2, -0.15) is 9.40 Å². The van der Waals surface area contributed by atoms with Crippen LogP contribution in [0.3, 0.4) is 0 Å². The summed E-state index contributed by atoms with van der Waals surface area (Å²) >= 11 is 0. The third kappa shape index (κ3) is 3.42. The number of piperidine rings is 1. The maximum Gasteiger partial charge on any atom is 0.289 e. The van der Waals surface area contributed by atoms with Gasteiger partial charge in [-0.3, -0.25) is 14.8 Å². The fourth-order valence-electron chi connectivity index (χ4n) is 4.07. The second-order valence-electron chi connectivity index (χ2n) is 7.53. The normalized spacial score (nSPS) is 15.9. The number of aromatic nitrogens is 5. The molecule has 1 N–H and O–H groups in total. The van der Waals surface area contributed by atoms with Crippen molar-refractivity contribution in [1.82, 2.24) is 29.0 Å². The monoisotopic (exact) mass is 453 g/mol. The van der Waals surface area contributed by atoms with E-state index in [2.05, 4.69) is 20.1 Å². The molecule has 12 heteroatoms. The van der Waals surface area contributed by atoms with E-state index in [-0.39, 0.29) is 24.0 Å². The van der Waals surface area contributed by atoms with Gasteiger partial charge in [0, 0.05) is 42.5 Å². The van der Waals surface area contributed by atoms with Crippen LogP contribution in [0, 0.1) is 10.1 Å². The Bertz CT molecular complexity index is 1400. The molecule has 0 aliphatic carbocycles. The van der Waals surface area contributed by atoms with Crippen LogP contribution in [-0.4, -0.2) is 55.5 Å². The van der Waals surface area contributed by atoms with Crippen LogP contribution in [0.15, 0.2) is 60.1 Å². The molecule has 0 radical (unpaired) electrons. The van der Waals surface area contributed by atoms with Crippen LogP contribution in [0.25, 0.3) is 22.3 Å². The minimum atomic E-state index is -3.96. The Morgan fingerprint density at radius 1 is 1.12 bits per heavy atom. The van der Waals surface area contributed by atoms with Gasteiger partial charge in [-0.1, -0.05) is 12.1 Å². The summed E-state index contributed by atoms with van der Waals surface area (Å²) in [6.07, 6.45) is 8.05. The number of sulfonamides is 1. The number of benzene rings is 1. The first kappa shape index (κ1) is 20.3. The maximum atomic E-state index is 13.0. The number of nitrogens with one attached hydrogen (secondary N) is 1. The molecule has 1 fully saturated rings. The summed E-state index contributed by atoms with van der Waals surface area (Å²) in [6, 6.07) is 7.37. The molecule has 1 aliphatic heterocycles. The number of fused-ring (bicyclic) bond motifs is 1. The Morgan fingerprint density at radius 2 is 1.91 bits per heavy atom. The lowest BCUT2D eigenvalue weighted by Crippen LogP contribution is -2.39.